The summed E-state index contributed by atoms with van der Waals surface area (Å²) in [4.78, 5) is 0. The number of nitriles is 1. The van der Waals surface area contributed by atoms with Crippen LogP contribution in [0.2, 0.25) is 0 Å². The van der Waals surface area contributed by atoms with Gasteiger partial charge in [0.15, 0.2) is 5.79 Å². The molecule has 0 radical (unpaired) electrons. The third-order valence-corrected chi connectivity index (χ3v) is 3.08. The Balaban J connectivity index is 2.07. The monoisotopic (exact) mass is 181 g/mol. The second-order valence-electron chi connectivity index (χ2n) is 3.83. The molecule has 0 aromatic carbocycles. The molecule has 0 bridgehead atoms. The molecular weight excluding hydrogens is 166 g/mol. The van der Waals surface area contributed by atoms with E-state index in [2.05, 4.69) is 6.07 Å². The van der Waals surface area contributed by atoms with Crippen molar-refractivity contribution in [3.8, 4) is 6.07 Å². The summed E-state index contributed by atoms with van der Waals surface area (Å²) in [6, 6.07) is 2.18. The van der Waals surface area contributed by atoms with Gasteiger partial charge in [-0.2, -0.15) is 5.26 Å². The lowest BCUT2D eigenvalue weighted by molar-refractivity contribution is -0.190. The van der Waals surface area contributed by atoms with E-state index in [0.717, 1.165) is 12.8 Å². The second kappa shape index (κ2) is 3.65. The first kappa shape index (κ1) is 8.98. The molecule has 0 spiro atoms. The zero-order valence-electron chi connectivity index (χ0n) is 7.79. The van der Waals surface area contributed by atoms with Crippen molar-refractivity contribution in [3.63, 3.8) is 0 Å². The van der Waals surface area contributed by atoms with Crippen LogP contribution in [-0.2, 0) is 9.47 Å². The summed E-state index contributed by atoms with van der Waals surface area (Å²) >= 11 is 0. The van der Waals surface area contributed by atoms with Gasteiger partial charge in [-0.05, 0) is 12.8 Å². The molecule has 0 N–H and O–H groups in total. The maximum Gasteiger partial charge on any atom is 0.184 e. The van der Waals surface area contributed by atoms with Gasteiger partial charge in [-0.25, -0.2) is 0 Å². The summed E-state index contributed by atoms with van der Waals surface area (Å²) in [5.41, 5.74) is 0. The van der Waals surface area contributed by atoms with Gasteiger partial charge in [-0.15, -0.1) is 0 Å². The van der Waals surface area contributed by atoms with Gasteiger partial charge in [0.25, 0.3) is 0 Å². The molecule has 13 heavy (non-hydrogen) atoms. The molecule has 2 fully saturated rings. The van der Waals surface area contributed by atoms with E-state index in [4.69, 9.17) is 14.7 Å². The van der Waals surface area contributed by atoms with Gasteiger partial charge < -0.3 is 9.47 Å². The van der Waals surface area contributed by atoms with Crippen molar-refractivity contribution in [2.75, 3.05) is 13.2 Å². The first-order valence-electron chi connectivity index (χ1n) is 5.02. The van der Waals surface area contributed by atoms with Crippen LogP contribution in [0.15, 0.2) is 0 Å². The van der Waals surface area contributed by atoms with Crippen LogP contribution >= 0.6 is 0 Å². The molecule has 1 aliphatic heterocycles. The molecule has 0 atom stereocenters. The summed E-state index contributed by atoms with van der Waals surface area (Å²) in [5.74, 6) is -0.0831. The van der Waals surface area contributed by atoms with E-state index < -0.39 is 5.79 Å². The predicted octanol–water partition coefficient (Wildman–Crippen LogP) is 1.83. The van der Waals surface area contributed by atoms with Crippen molar-refractivity contribution in [2.45, 2.75) is 37.9 Å². The first-order valence-corrected chi connectivity index (χ1v) is 5.02. The predicted molar refractivity (Wildman–Crippen MR) is 46.8 cm³/mol. The lowest BCUT2D eigenvalue weighted by atomic mass is 9.94. The van der Waals surface area contributed by atoms with Crippen molar-refractivity contribution in [1.82, 2.24) is 0 Å². The molecule has 2 rings (SSSR count). The molecule has 3 nitrogen and oxygen atoms in total. The van der Waals surface area contributed by atoms with Gasteiger partial charge in [-0.1, -0.05) is 12.8 Å². The van der Waals surface area contributed by atoms with Gasteiger partial charge in [0.1, 0.15) is 0 Å². The number of nitrogens with zero attached hydrogens (tertiary/aromatic N) is 1. The average Bonchev–Trinajstić information content (AvgIpc) is 2.73. The average molecular weight is 181 g/mol. The van der Waals surface area contributed by atoms with Crippen LogP contribution in [0, 0.1) is 17.2 Å². The summed E-state index contributed by atoms with van der Waals surface area (Å²) in [6.07, 6.45) is 5.20. The highest BCUT2D eigenvalue weighted by Gasteiger charge is 2.45. The fourth-order valence-electron chi connectivity index (χ4n) is 2.43. The van der Waals surface area contributed by atoms with Crippen LogP contribution in [-0.4, -0.2) is 19.0 Å². The molecule has 0 unspecified atom stereocenters. The van der Waals surface area contributed by atoms with Crippen LogP contribution < -0.4 is 0 Å². The Kier molecular flexibility index (Phi) is 2.52. The summed E-state index contributed by atoms with van der Waals surface area (Å²) < 4.78 is 11.2. The van der Waals surface area contributed by atoms with Crippen molar-refractivity contribution >= 4 is 0 Å². The Hall–Kier alpha value is -0.590. The quantitative estimate of drug-likeness (QED) is 0.652. The van der Waals surface area contributed by atoms with Crippen LogP contribution in [0.5, 0.6) is 0 Å². The SMILES string of the molecule is N#CCC1(C2CCCC2)OCCO1. The summed E-state index contributed by atoms with van der Waals surface area (Å²) in [6.45, 7) is 1.30. The smallest absolute Gasteiger partial charge is 0.184 e. The van der Waals surface area contributed by atoms with Gasteiger partial charge in [-0.3, -0.25) is 0 Å². The number of hydrogen-bond donors (Lipinski definition) is 0. The van der Waals surface area contributed by atoms with E-state index >= 15 is 0 Å². The largest absolute Gasteiger partial charge is 0.346 e. The Morgan fingerprint density at radius 3 is 2.38 bits per heavy atom. The highest BCUT2D eigenvalue weighted by atomic mass is 16.7. The zero-order chi connectivity index (χ0) is 9.15. The molecule has 1 aliphatic carbocycles. The summed E-state index contributed by atoms with van der Waals surface area (Å²) in [5, 5.41) is 8.74. The van der Waals surface area contributed by atoms with Crippen molar-refractivity contribution in [2.24, 2.45) is 5.92 Å². The highest BCUT2D eigenvalue weighted by Crippen LogP contribution is 2.41. The molecule has 1 saturated heterocycles. The molecule has 72 valence electrons. The Labute approximate surface area is 78.6 Å². The third kappa shape index (κ3) is 1.56. The lowest BCUT2D eigenvalue weighted by Gasteiger charge is -2.30. The first-order chi connectivity index (χ1) is 6.37. The second-order valence-corrected chi connectivity index (χ2v) is 3.83. The van der Waals surface area contributed by atoms with E-state index in [1.54, 1.807) is 0 Å². The molecule has 0 aromatic rings. The van der Waals surface area contributed by atoms with Gasteiger partial charge >= 0.3 is 0 Å². The van der Waals surface area contributed by atoms with Crippen LogP contribution in [0.3, 0.4) is 0 Å². The van der Waals surface area contributed by atoms with Crippen molar-refractivity contribution in [3.05, 3.63) is 0 Å². The van der Waals surface area contributed by atoms with Crippen LogP contribution in [0.4, 0.5) is 0 Å². The van der Waals surface area contributed by atoms with E-state index in [-0.39, 0.29) is 0 Å². The van der Waals surface area contributed by atoms with E-state index in [1.165, 1.54) is 12.8 Å². The minimum atomic E-state index is -0.536. The maximum absolute atomic E-state index is 8.74. The van der Waals surface area contributed by atoms with E-state index in [1.807, 2.05) is 0 Å². The van der Waals surface area contributed by atoms with Crippen LogP contribution in [0.25, 0.3) is 0 Å². The highest BCUT2D eigenvalue weighted by molar-refractivity contribution is 4.92. The molecule has 0 amide bonds. The normalized spacial score (nSPS) is 27.6. The van der Waals surface area contributed by atoms with Crippen molar-refractivity contribution < 1.29 is 9.47 Å². The molecule has 2 aliphatic rings. The molecule has 0 aromatic heterocycles. The third-order valence-electron chi connectivity index (χ3n) is 3.08. The Morgan fingerprint density at radius 1 is 1.23 bits per heavy atom. The van der Waals surface area contributed by atoms with E-state index in [9.17, 15) is 0 Å². The fraction of sp³-hybridized carbons (Fsp3) is 0.900. The van der Waals surface area contributed by atoms with Gasteiger partial charge in [0.05, 0.1) is 25.7 Å². The molecule has 1 heterocycles. The standard InChI is InChI=1S/C10H15NO2/c11-6-5-10(12-7-8-13-10)9-3-1-2-4-9/h9H,1-5,7-8H2. The topological polar surface area (TPSA) is 42.2 Å². The Bertz CT molecular complexity index is 209. The number of ether oxygens (including phenoxy) is 2. The molecule has 1 saturated carbocycles. The fourth-order valence-corrected chi connectivity index (χ4v) is 2.43. The van der Waals surface area contributed by atoms with E-state index in [0.29, 0.717) is 25.6 Å². The van der Waals surface area contributed by atoms with Crippen LogP contribution in [0.1, 0.15) is 32.1 Å². The van der Waals surface area contributed by atoms with Gasteiger partial charge in [0.2, 0.25) is 0 Å². The maximum atomic E-state index is 8.74. The lowest BCUT2D eigenvalue weighted by Crippen LogP contribution is -2.37. The minimum absolute atomic E-state index is 0.387. The minimum Gasteiger partial charge on any atom is -0.346 e. The van der Waals surface area contributed by atoms with Crippen molar-refractivity contribution in [1.29, 1.82) is 5.26 Å². The molecular formula is C10H15NO2. The Morgan fingerprint density at radius 2 is 1.85 bits per heavy atom. The van der Waals surface area contributed by atoms with Gasteiger partial charge in [0, 0.05) is 5.92 Å². The zero-order valence-corrected chi connectivity index (χ0v) is 7.79. The number of hydrogen-bond acceptors (Lipinski definition) is 3. The molecule has 3 heteroatoms. The number of rotatable bonds is 2. The summed E-state index contributed by atoms with van der Waals surface area (Å²) in [7, 11) is 0.